The average molecular weight is 174 g/mol. The first-order valence-corrected chi connectivity index (χ1v) is 4.80. The van der Waals surface area contributed by atoms with Gasteiger partial charge in [0.15, 0.2) is 5.78 Å². The Bertz CT molecular complexity index is 348. The molecule has 0 spiro atoms. The van der Waals surface area contributed by atoms with E-state index in [1.165, 1.54) is 5.56 Å². The normalized spacial score (nSPS) is 15.8. The number of ketones is 1. The Labute approximate surface area is 78.8 Å². The first-order chi connectivity index (χ1) is 6.20. The van der Waals surface area contributed by atoms with Gasteiger partial charge < -0.3 is 0 Å². The molecule has 0 amide bonds. The lowest BCUT2D eigenvalue weighted by Gasteiger charge is -2.06. The van der Waals surface area contributed by atoms with E-state index in [1.807, 2.05) is 19.1 Å². The summed E-state index contributed by atoms with van der Waals surface area (Å²) in [6.45, 7) is 4.09. The first-order valence-electron chi connectivity index (χ1n) is 4.80. The van der Waals surface area contributed by atoms with Crippen LogP contribution in [0.25, 0.3) is 0 Å². The Kier molecular flexibility index (Phi) is 1.95. The summed E-state index contributed by atoms with van der Waals surface area (Å²) in [5, 5.41) is 0. The summed E-state index contributed by atoms with van der Waals surface area (Å²) in [6.07, 6.45) is 2.18. The molecule has 0 radical (unpaired) electrons. The highest BCUT2D eigenvalue weighted by atomic mass is 16.1. The van der Waals surface area contributed by atoms with Crippen molar-refractivity contribution in [2.24, 2.45) is 5.92 Å². The number of hydrogen-bond acceptors (Lipinski definition) is 1. The van der Waals surface area contributed by atoms with Gasteiger partial charge in [-0.2, -0.15) is 0 Å². The third-order valence-corrected chi connectivity index (χ3v) is 2.82. The Morgan fingerprint density at radius 1 is 1.31 bits per heavy atom. The molecule has 1 nitrogen and oxygen atoms in total. The van der Waals surface area contributed by atoms with Crippen molar-refractivity contribution in [2.75, 3.05) is 0 Å². The quantitative estimate of drug-likeness (QED) is 0.630. The fourth-order valence-corrected chi connectivity index (χ4v) is 1.58. The Morgan fingerprint density at radius 3 is 2.62 bits per heavy atom. The molecule has 0 saturated heterocycles. The number of aryl methyl sites for hydroxylation is 1. The van der Waals surface area contributed by atoms with Crippen LogP contribution in [0.2, 0.25) is 0 Å². The molecule has 1 fully saturated rings. The van der Waals surface area contributed by atoms with E-state index in [2.05, 4.69) is 13.0 Å². The van der Waals surface area contributed by atoms with E-state index in [0.717, 1.165) is 24.0 Å². The first kappa shape index (κ1) is 8.49. The number of rotatable bonds is 2. The smallest absolute Gasteiger partial charge is 0.166 e. The minimum Gasteiger partial charge on any atom is -0.294 e. The second-order valence-electron chi connectivity index (χ2n) is 3.89. The van der Waals surface area contributed by atoms with Crippen LogP contribution in [0, 0.1) is 19.8 Å². The lowest BCUT2D eigenvalue weighted by Crippen LogP contribution is -2.04. The summed E-state index contributed by atoms with van der Waals surface area (Å²) in [7, 11) is 0. The third kappa shape index (κ3) is 1.51. The van der Waals surface area contributed by atoms with E-state index < -0.39 is 0 Å². The highest BCUT2D eigenvalue weighted by Gasteiger charge is 2.31. The largest absolute Gasteiger partial charge is 0.294 e. The van der Waals surface area contributed by atoms with Crippen molar-refractivity contribution in [2.45, 2.75) is 26.7 Å². The van der Waals surface area contributed by atoms with Crippen molar-refractivity contribution in [3.63, 3.8) is 0 Å². The molecule has 1 heteroatoms. The van der Waals surface area contributed by atoms with Gasteiger partial charge in [0, 0.05) is 11.5 Å². The number of carbonyl (C=O) groups excluding carboxylic acids is 1. The van der Waals surface area contributed by atoms with Crippen molar-refractivity contribution in [3.8, 4) is 0 Å². The molecule has 0 N–H and O–H groups in total. The van der Waals surface area contributed by atoms with Crippen LogP contribution in [0.4, 0.5) is 0 Å². The second kappa shape index (κ2) is 2.99. The van der Waals surface area contributed by atoms with Gasteiger partial charge in [-0.15, -0.1) is 0 Å². The fraction of sp³-hybridized carbons (Fsp3) is 0.417. The lowest BCUT2D eigenvalue weighted by atomic mass is 9.98. The molecule has 1 aliphatic rings. The van der Waals surface area contributed by atoms with Crippen LogP contribution in [0.15, 0.2) is 18.2 Å². The van der Waals surface area contributed by atoms with Crippen LogP contribution < -0.4 is 0 Å². The molecule has 0 heterocycles. The van der Waals surface area contributed by atoms with E-state index in [9.17, 15) is 4.79 Å². The van der Waals surface area contributed by atoms with Crippen LogP contribution in [-0.2, 0) is 0 Å². The highest BCUT2D eigenvalue weighted by Crippen LogP contribution is 2.33. The highest BCUT2D eigenvalue weighted by molar-refractivity contribution is 6.00. The predicted molar refractivity (Wildman–Crippen MR) is 53.0 cm³/mol. The predicted octanol–water partition coefficient (Wildman–Crippen LogP) is 2.90. The zero-order valence-corrected chi connectivity index (χ0v) is 8.13. The molecule has 1 saturated carbocycles. The summed E-state index contributed by atoms with van der Waals surface area (Å²) in [5.74, 6) is 0.682. The summed E-state index contributed by atoms with van der Waals surface area (Å²) in [5.41, 5.74) is 3.30. The zero-order chi connectivity index (χ0) is 9.42. The van der Waals surface area contributed by atoms with Crippen molar-refractivity contribution in [1.82, 2.24) is 0 Å². The van der Waals surface area contributed by atoms with E-state index >= 15 is 0 Å². The topological polar surface area (TPSA) is 17.1 Å². The summed E-state index contributed by atoms with van der Waals surface area (Å²) >= 11 is 0. The Balaban J connectivity index is 2.38. The molecule has 0 bridgehead atoms. The molecule has 0 atom stereocenters. The van der Waals surface area contributed by atoms with Gasteiger partial charge in [-0.25, -0.2) is 0 Å². The van der Waals surface area contributed by atoms with Crippen LogP contribution in [0.1, 0.15) is 34.3 Å². The van der Waals surface area contributed by atoms with Gasteiger partial charge in [0.1, 0.15) is 0 Å². The molecule has 0 unspecified atom stereocenters. The molecule has 0 aliphatic heterocycles. The molecular weight excluding hydrogens is 160 g/mol. The molecule has 1 aromatic carbocycles. The maximum Gasteiger partial charge on any atom is 0.166 e. The number of hydrogen-bond donors (Lipinski definition) is 0. The van der Waals surface area contributed by atoms with E-state index in [4.69, 9.17) is 0 Å². The number of carbonyl (C=O) groups is 1. The summed E-state index contributed by atoms with van der Waals surface area (Å²) < 4.78 is 0. The van der Waals surface area contributed by atoms with Gasteiger partial charge >= 0.3 is 0 Å². The molecule has 13 heavy (non-hydrogen) atoms. The fourth-order valence-electron chi connectivity index (χ4n) is 1.58. The standard InChI is InChI=1S/C12H14O/c1-8-4-3-5-11(9(8)2)12(13)10-6-7-10/h3-5,10H,6-7H2,1-2H3. The van der Waals surface area contributed by atoms with Crippen molar-refractivity contribution < 1.29 is 4.79 Å². The minimum absolute atomic E-state index is 0.334. The summed E-state index contributed by atoms with van der Waals surface area (Å²) in [4.78, 5) is 11.8. The third-order valence-electron chi connectivity index (χ3n) is 2.82. The molecule has 2 rings (SSSR count). The molecule has 1 aromatic rings. The minimum atomic E-state index is 0.334. The van der Waals surface area contributed by atoms with Gasteiger partial charge in [-0.3, -0.25) is 4.79 Å². The van der Waals surface area contributed by atoms with Gasteiger partial charge in [-0.1, -0.05) is 18.2 Å². The van der Waals surface area contributed by atoms with Crippen LogP contribution in [0.3, 0.4) is 0 Å². The Morgan fingerprint density at radius 2 is 2.00 bits per heavy atom. The SMILES string of the molecule is Cc1cccc(C(=O)C2CC2)c1C. The molecule has 1 aliphatic carbocycles. The van der Waals surface area contributed by atoms with Crippen LogP contribution in [0.5, 0.6) is 0 Å². The van der Waals surface area contributed by atoms with Crippen molar-refractivity contribution >= 4 is 5.78 Å². The van der Waals surface area contributed by atoms with Crippen molar-refractivity contribution in [3.05, 3.63) is 34.9 Å². The maximum atomic E-state index is 11.8. The van der Waals surface area contributed by atoms with Gasteiger partial charge in [0.05, 0.1) is 0 Å². The van der Waals surface area contributed by atoms with E-state index in [1.54, 1.807) is 0 Å². The number of Topliss-reactive ketones (excluding diaryl/α,β-unsaturated/α-hetero) is 1. The second-order valence-corrected chi connectivity index (χ2v) is 3.89. The van der Waals surface area contributed by atoms with Crippen LogP contribution >= 0.6 is 0 Å². The zero-order valence-electron chi connectivity index (χ0n) is 8.13. The van der Waals surface area contributed by atoms with E-state index in [0.29, 0.717) is 11.7 Å². The van der Waals surface area contributed by atoms with Gasteiger partial charge in [0.2, 0.25) is 0 Å². The summed E-state index contributed by atoms with van der Waals surface area (Å²) in [6, 6.07) is 5.97. The van der Waals surface area contributed by atoms with Gasteiger partial charge in [-0.05, 0) is 37.8 Å². The average Bonchev–Trinajstić information content (AvgIpc) is 2.91. The van der Waals surface area contributed by atoms with Crippen molar-refractivity contribution in [1.29, 1.82) is 0 Å². The lowest BCUT2D eigenvalue weighted by molar-refractivity contribution is 0.0967. The van der Waals surface area contributed by atoms with Gasteiger partial charge in [0.25, 0.3) is 0 Å². The monoisotopic (exact) mass is 174 g/mol. The van der Waals surface area contributed by atoms with Crippen LogP contribution in [-0.4, -0.2) is 5.78 Å². The molecular formula is C12H14O. The molecule has 68 valence electrons. The maximum absolute atomic E-state index is 11.8. The molecule has 0 aromatic heterocycles. The number of benzene rings is 1. The van der Waals surface area contributed by atoms with E-state index in [-0.39, 0.29) is 0 Å². The Hall–Kier alpha value is -1.11.